The minimum Gasteiger partial charge on any atom is -0.497 e. The Hall–Kier alpha value is -1.40. The first-order valence-corrected chi connectivity index (χ1v) is 6.22. The molecule has 0 radical (unpaired) electrons. The highest BCUT2D eigenvalue weighted by atomic mass is 32.9. The van der Waals surface area contributed by atoms with E-state index in [9.17, 15) is 4.79 Å². The summed E-state index contributed by atoms with van der Waals surface area (Å²) in [6, 6.07) is 7.13. The van der Waals surface area contributed by atoms with Gasteiger partial charge >= 0.3 is 4.87 Å². The van der Waals surface area contributed by atoms with Crippen LogP contribution in [0, 0.1) is 0 Å². The Bertz CT molecular complexity index is 506. The van der Waals surface area contributed by atoms with Crippen LogP contribution in [0.3, 0.4) is 0 Å². The van der Waals surface area contributed by atoms with E-state index in [0.717, 1.165) is 10.3 Å². The molecule has 1 heterocycles. The minimum absolute atomic E-state index is 0.238. The van der Waals surface area contributed by atoms with Crippen molar-refractivity contribution in [2.24, 2.45) is 0 Å². The molecule has 0 bridgehead atoms. The average molecular weight is 241 g/mol. The number of aromatic nitrogens is 1. The summed E-state index contributed by atoms with van der Waals surface area (Å²) in [5, 5.41) is 0.359. The second kappa shape index (κ2) is 4.41. The zero-order valence-electron chi connectivity index (χ0n) is 7.80. The molecule has 0 aliphatic carbocycles. The molecular weight excluding hydrogens is 234 g/mol. The van der Waals surface area contributed by atoms with Crippen molar-refractivity contribution in [3.8, 4) is 16.7 Å². The zero-order chi connectivity index (χ0) is 10.7. The van der Waals surface area contributed by atoms with Crippen molar-refractivity contribution >= 4 is 20.7 Å². The van der Waals surface area contributed by atoms with E-state index in [1.54, 1.807) is 19.2 Å². The van der Waals surface area contributed by atoms with Gasteiger partial charge in [0.25, 0.3) is 5.19 Å². The van der Waals surface area contributed by atoms with Crippen LogP contribution in [0.25, 0.3) is 0 Å². The van der Waals surface area contributed by atoms with E-state index in [1.165, 1.54) is 10.3 Å². The van der Waals surface area contributed by atoms with Gasteiger partial charge < -0.3 is 9.47 Å². The Labute approximate surface area is 93.1 Å². The van der Waals surface area contributed by atoms with Crippen LogP contribution in [0.1, 0.15) is 0 Å². The van der Waals surface area contributed by atoms with E-state index < -0.39 is 0 Å². The van der Waals surface area contributed by atoms with E-state index >= 15 is 0 Å². The normalized spacial score (nSPS) is 9.93. The van der Waals surface area contributed by atoms with Gasteiger partial charge in [0.1, 0.15) is 11.5 Å². The number of nitrogens with zero attached hydrogens (tertiary/aromatic N) is 1. The monoisotopic (exact) mass is 241 g/mol. The summed E-state index contributed by atoms with van der Waals surface area (Å²) in [6.07, 6.45) is 0. The second-order valence-electron chi connectivity index (χ2n) is 2.59. The lowest BCUT2D eigenvalue weighted by atomic mass is 10.3. The van der Waals surface area contributed by atoms with E-state index in [1.807, 2.05) is 12.1 Å². The van der Waals surface area contributed by atoms with Crippen LogP contribution in [-0.4, -0.2) is 12.1 Å². The highest BCUT2D eigenvalue weighted by molar-refractivity contribution is 7.69. The van der Waals surface area contributed by atoms with Gasteiger partial charge in [0.05, 0.1) is 7.11 Å². The lowest BCUT2D eigenvalue weighted by molar-refractivity contribution is 0.408. The number of hydrogen-bond donors (Lipinski definition) is 0. The third-order valence-electron chi connectivity index (χ3n) is 1.61. The summed E-state index contributed by atoms with van der Waals surface area (Å²) < 4.78 is 10.4. The molecule has 1 aromatic carbocycles. The molecule has 0 aliphatic heterocycles. The molecule has 0 N–H and O–H groups in total. The Morgan fingerprint density at radius 2 is 2.07 bits per heavy atom. The third kappa shape index (κ3) is 2.54. The second-order valence-corrected chi connectivity index (χ2v) is 4.62. The molecule has 4 nitrogen and oxygen atoms in total. The van der Waals surface area contributed by atoms with Crippen LogP contribution in [-0.2, 0) is 0 Å². The molecule has 1 aromatic heterocycles. The maximum atomic E-state index is 10.8. The molecule has 2 aromatic rings. The first-order chi connectivity index (χ1) is 7.28. The van der Waals surface area contributed by atoms with Crippen molar-refractivity contribution in [1.82, 2.24) is 4.98 Å². The minimum atomic E-state index is -0.238. The van der Waals surface area contributed by atoms with Crippen molar-refractivity contribution in [3.63, 3.8) is 0 Å². The first kappa shape index (κ1) is 10.1. The lowest BCUT2D eigenvalue weighted by Gasteiger charge is -2.03. The molecule has 0 unspecified atom stereocenters. The molecule has 6 heteroatoms. The van der Waals surface area contributed by atoms with Crippen LogP contribution >= 0.6 is 20.7 Å². The standard InChI is InChI=1S/C9H7NO3S2/c1-12-6-3-2-4-7(5-6)13-9-10-8(11)14-15-9/h2-5H,1H3. The van der Waals surface area contributed by atoms with Gasteiger partial charge in [0, 0.05) is 6.07 Å². The van der Waals surface area contributed by atoms with Crippen LogP contribution in [0.5, 0.6) is 16.7 Å². The zero-order valence-corrected chi connectivity index (χ0v) is 9.43. The molecule has 0 spiro atoms. The van der Waals surface area contributed by atoms with Crippen molar-refractivity contribution in [3.05, 3.63) is 33.9 Å². The first-order valence-electron chi connectivity index (χ1n) is 4.07. The van der Waals surface area contributed by atoms with E-state index in [0.29, 0.717) is 16.7 Å². The van der Waals surface area contributed by atoms with Gasteiger partial charge in [0.2, 0.25) is 0 Å². The van der Waals surface area contributed by atoms with Gasteiger partial charge in [0.15, 0.2) is 0 Å². The van der Waals surface area contributed by atoms with Crippen LogP contribution in [0.15, 0.2) is 29.1 Å². The summed E-state index contributed by atoms with van der Waals surface area (Å²) >= 11 is 0. The van der Waals surface area contributed by atoms with Gasteiger partial charge in [-0.05, 0) is 32.8 Å². The summed E-state index contributed by atoms with van der Waals surface area (Å²) in [6.45, 7) is 0. The average Bonchev–Trinajstić information content (AvgIpc) is 2.64. The van der Waals surface area contributed by atoms with Gasteiger partial charge in [-0.2, -0.15) is 4.98 Å². The third-order valence-corrected chi connectivity index (χ3v) is 3.35. The van der Waals surface area contributed by atoms with Crippen LogP contribution < -0.4 is 14.3 Å². The van der Waals surface area contributed by atoms with E-state index in [-0.39, 0.29) is 4.87 Å². The molecule has 0 saturated heterocycles. The van der Waals surface area contributed by atoms with Crippen molar-refractivity contribution in [2.45, 2.75) is 0 Å². The quantitative estimate of drug-likeness (QED) is 0.774. The highest BCUT2D eigenvalue weighted by Gasteiger charge is 2.03. The summed E-state index contributed by atoms with van der Waals surface area (Å²) in [5.41, 5.74) is 0. The Balaban J connectivity index is 2.20. The molecule has 0 saturated carbocycles. The summed E-state index contributed by atoms with van der Waals surface area (Å²) in [7, 11) is 3.85. The predicted molar refractivity (Wildman–Crippen MR) is 59.3 cm³/mol. The number of methoxy groups -OCH3 is 1. The van der Waals surface area contributed by atoms with E-state index in [4.69, 9.17) is 9.47 Å². The van der Waals surface area contributed by atoms with Crippen LogP contribution in [0.4, 0.5) is 0 Å². The predicted octanol–water partition coefficient (Wildman–Crippen LogP) is 2.37. The van der Waals surface area contributed by atoms with Crippen molar-refractivity contribution in [2.75, 3.05) is 7.11 Å². The SMILES string of the molecule is COc1cccc(Oc2nc(=O)ss2)c1. The van der Waals surface area contributed by atoms with Gasteiger partial charge in [-0.3, -0.25) is 4.79 Å². The molecule has 2 rings (SSSR count). The fourth-order valence-corrected chi connectivity index (χ4v) is 2.31. The number of benzene rings is 1. The molecular formula is C9H7NO3S2. The Kier molecular flexibility index (Phi) is 2.98. The molecule has 0 fully saturated rings. The largest absolute Gasteiger partial charge is 0.497 e. The fraction of sp³-hybridized carbons (Fsp3) is 0.111. The fourth-order valence-electron chi connectivity index (χ4n) is 0.988. The molecule has 78 valence electrons. The summed E-state index contributed by atoms with van der Waals surface area (Å²) in [4.78, 5) is 14.3. The smallest absolute Gasteiger partial charge is 0.340 e. The topological polar surface area (TPSA) is 48.4 Å². The molecule has 0 aliphatic rings. The van der Waals surface area contributed by atoms with Gasteiger partial charge in [-0.1, -0.05) is 6.07 Å². The number of rotatable bonds is 3. The summed E-state index contributed by atoms with van der Waals surface area (Å²) in [5.74, 6) is 1.31. The van der Waals surface area contributed by atoms with E-state index in [2.05, 4.69) is 4.98 Å². The number of ether oxygens (including phenoxy) is 2. The van der Waals surface area contributed by atoms with Gasteiger partial charge in [-0.15, -0.1) is 0 Å². The van der Waals surface area contributed by atoms with Crippen LogP contribution in [0.2, 0.25) is 0 Å². The lowest BCUT2D eigenvalue weighted by Crippen LogP contribution is -1.93. The number of hydrogen-bond acceptors (Lipinski definition) is 6. The van der Waals surface area contributed by atoms with Gasteiger partial charge in [-0.25, -0.2) is 0 Å². The Morgan fingerprint density at radius 3 is 2.73 bits per heavy atom. The highest BCUT2D eigenvalue weighted by Crippen LogP contribution is 2.26. The molecule has 0 amide bonds. The maximum absolute atomic E-state index is 10.8. The maximum Gasteiger partial charge on any atom is 0.340 e. The van der Waals surface area contributed by atoms with Crippen molar-refractivity contribution in [1.29, 1.82) is 0 Å². The van der Waals surface area contributed by atoms with Crippen molar-refractivity contribution < 1.29 is 9.47 Å². The molecule has 0 atom stereocenters. The Morgan fingerprint density at radius 1 is 1.27 bits per heavy atom. The molecule has 15 heavy (non-hydrogen) atoms.